The van der Waals surface area contributed by atoms with E-state index >= 15 is 0 Å². The minimum atomic E-state index is -0.585. The Kier molecular flexibility index (Phi) is 6.19. The maximum atomic E-state index is 13.5. The molecule has 29 heavy (non-hydrogen) atoms. The Balaban J connectivity index is 1.66. The van der Waals surface area contributed by atoms with Crippen molar-refractivity contribution in [2.45, 2.75) is 71.9 Å². The van der Waals surface area contributed by atoms with E-state index in [1.807, 2.05) is 0 Å². The van der Waals surface area contributed by atoms with Gasteiger partial charge in [-0.2, -0.15) is 0 Å². The van der Waals surface area contributed by atoms with Crippen LogP contribution in [0.25, 0.3) is 0 Å². The van der Waals surface area contributed by atoms with Gasteiger partial charge in [-0.1, -0.05) is 35.2 Å². The predicted octanol–water partition coefficient (Wildman–Crippen LogP) is 1.03. The summed E-state index contributed by atoms with van der Waals surface area (Å²) < 4.78 is -0.582. The lowest BCUT2D eigenvalue weighted by molar-refractivity contribution is -0.140. The number of hydrogen-bond acceptors (Lipinski definition) is 5. The maximum Gasteiger partial charge on any atom is 0.244 e. The molecule has 7 nitrogen and oxygen atoms in total. The molecular formula is C20H30BrN3O4S. The van der Waals surface area contributed by atoms with E-state index in [2.05, 4.69) is 26.6 Å². The molecule has 4 fully saturated rings. The van der Waals surface area contributed by atoms with Crippen LogP contribution in [-0.2, 0) is 14.4 Å². The van der Waals surface area contributed by atoms with Crippen LogP contribution in [0.4, 0.5) is 0 Å². The molecule has 1 aliphatic carbocycles. The number of aliphatic hydroxyl groups is 1. The first-order valence-electron chi connectivity index (χ1n) is 10.7. The third kappa shape index (κ3) is 3.41. The molecule has 4 aliphatic rings. The summed E-state index contributed by atoms with van der Waals surface area (Å²) in [5.74, 6) is -1.23. The highest BCUT2D eigenvalue weighted by Gasteiger charge is 2.75. The lowest BCUT2D eigenvalue weighted by Gasteiger charge is -2.36. The van der Waals surface area contributed by atoms with Gasteiger partial charge in [0.15, 0.2) is 0 Å². The fourth-order valence-corrected chi connectivity index (χ4v) is 9.52. The fraction of sp³-hybridized carbons (Fsp3) is 0.850. The lowest BCUT2D eigenvalue weighted by Crippen LogP contribution is -2.56. The van der Waals surface area contributed by atoms with Gasteiger partial charge in [0.2, 0.25) is 17.7 Å². The summed E-state index contributed by atoms with van der Waals surface area (Å²) in [4.78, 5) is 41.4. The first-order chi connectivity index (χ1) is 13.9. The van der Waals surface area contributed by atoms with E-state index in [9.17, 15) is 19.5 Å². The Bertz CT molecular complexity index is 689. The number of thioether (sulfide) groups is 1. The van der Waals surface area contributed by atoms with Gasteiger partial charge in [-0.3, -0.25) is 14.4 Å². The highest BCUT2D eigenvalue weighted by atomic mass is 79.9. The van der Waals surface area contributed by atoms with Crippen LogP contribution >= 0.6 is 27.7 Å². The fourth-order valence-electron chi connectivity index (χ4n) is 5.90. The number of fused-ring (bicyclic) bond motifs is 1. The molecule has 3 N–H and O–H groups in total. The molecule has 0 aromatic carbocycles. The van der Waals surface area contributed by atoms with Crippen LogP contribution in [0.5, 0.6) is 0 Å². The summed E-state index contributed by atoms with van der Waals surface area (Å²) in [7, 11) is 1.60. The van der Waals surface area contributed by atoms with E-state index in [-0.39, 0.29) is 40.4 Å². The monoisotopic (exact) mass is 487 g/mol. The van der Waals surface area contributed by atoms with E-state index in [1.165, 1.54) is 6.42 Å². The summed E-state index contributed by atoms with van der Waals surface area (Å²) in [6, 6.07) is -0.419. The van der Waals surface area contributed by atoms with Crippen molar-refractivity contribution in [3.05, 3.63) is 0 Å². The number of amides is 3. The second kappa shape index (κ2) is 8.38. The summed E-state index contributed by atoms with van der Waals surface area (Å²) in [5.41, 5.74) is 0. The molecule has 3 heterocycles. The number of likely N-dealkylation sites (tertiary alicyclic amines) is 1. The van der Waals surface area contributed by atoms with Crippen LogP contribution < -0.4 is 10.6 Å². The number of nitrogens with zero attached hydrogens (tertiary/aromatic N) is 1. The standard InChI is InChI=1S/C20H30BrN3O4S/c1-22-17(26)13-14-19(28)24(8-5-9-25)16(20(14)10-12(21)15(13)29-20)18(27)23-11-6-3-2-4-7-11/h11-16,25H,2-10H2,1H3,(H,22,26)(H,23,27)/t12?,13-,14-,15-,16?,20?/m0/s1. The first kappa shape index (κ1) is 21.4. The van der Waals surface area contributed by atoms with Gasteiger partial charge >= 0.3 is 0 Å². The van der Waals surface area contributed by atoms with Gasteiger partial charge in [0.25, 0.3) is 0 Å². The average molecular weight is 488 g/mol. The van der Waals surface area contributed by atoms with E-state index in [0.29, 0.717) is 19.4 Å². The summed E-state index contributed by atoms with van der Waals surface area (Å²) in [6.45, 7) is 0.309. The maximum absolute atomic E-state index is 13.5. The lowest BCUT2D eigenvalue weighted by atomic mass is 9.70. The molecular weight excluding hydrogens is 458 g/mol. The molecule has 4 rings (SSSR count). The molecule has 0 aromatic heterocycles. The minimum Gasteiger partial charge on any atom is -0.396 e. The van der Waals surface area contributed by atoms with Crippen molar-refractivity contribution in [1.29, 1.82) is 0 Å². The zero-order valence-electron chi connectivity index (χ0n) is 16.7. The van der Waals surface area contributed by atoms with E-state index < -0.39 is 22.6 Å². The summed E-state index contributed by atoms with van der Waals surface area (Å²) >= 11 is 5.39. The molecule has 1 saturated carbocycles. The Hall–Kier alpha value is -0.800. The second-order valence-electron chi connectivity index (χ2n) is 8.73. The predicted molar refractivity (Wildman–Crippen MR) is 115 cm³/mol. The van der Waals surface area contributed by atoms with E-state index in [0.717, 1.165) is 25.7 Å². The van der Waals surface area contributed by atoms with Gasteiger partial charge in [0.05, 0.1) is 16.6 Å². The normalized spacial score (nSPS) is 38.9. The molecule has 0 aromatic rings. The van der Waals surface area contributed by atoms with Gasteiger partial charge in [-0.25, -0.2) is 0 Å². The van der Waals surface area contributed by atoms with E-state index in [1.54, 1.807) is 23.7 Å². The zero-order valence-corrected chi connectivity index (χ0v) is 19.1. The van der Waals surface area contributed by atoms with Crippen molar-refractivity contribution >= 4 is 45.4 Å². The largest absolute Gasteiger partial charge is 0.396 e. The molecule has 3 amide bonds. The zero-order chi connectivity index (χ0) is 20.8. The number of nitrogens with one attached hydrogen (secondary N) is 2. The highest BCUT2D eigenvalue weighted by Crippen LogP contribution is 2.67. The van der Waals surface area contributed by atoms with Crippen molar-refractivity contribution in [3.8, 4) is 0 Å². The van der Waals surface area contributed by atoms with Crippen LogP contribution in [0.2, 0.25) is 0 Å². The molecule has 6 atom stereocenters. The summed E-state index contributed by atoms with van der Waals surface area (Å²) in [5, 5.41) is 15.3. The highest BCUT2D eigenvalue weighted by molar-refractivity contribution is 9.09. The van der Waals surface area contributed by atoms with Crippen molar-refractivity contribution in [3.63, 3.8) is 0 Å². The number of alkyl halides is 1. The SMILES string of the molecule is CNC(=O)[C@H]1[C@H]2C(=O)N(CCCO)C(C(=O)NC3CCCCC3)C23CC(Br)[C@@H]1S3. The van der Waals surface area contributed by atoms with Crippen LogP contribution in [0.15, 0.2) is 0 Å². The van der Waals surface area contributed by atoms with Gasteiger partial charge in [0, 0.05) is 36.3 Å². The topological polar surface area (TPSA) is 98.7 Å². The quantitative estimate of drug-likeness (QED) is 0.486. The third-order valence-electron chi connectivity index (χ3n) is 7.10. The molecule has 0 radical (unpaired) electrons. The van der Waals surface area contributed by atoms with Crippen molar-refractivity contribution in [2.75, 3.05) is 20.2 Å². The van der Waals surface area contributed by atoms with Crippen molar-refractivity contribution in [1.82, 2.24) is 15.5 Å². The molecule has 9 heteroatoms. The van der Waals surface area contributed by atoms with Gasteiger partial charge < -0.3 is 20.6 Å². The van der Waals surface area contributed by atoms with Gasteiger partial charge in [0.1, 0.15) is 6.04 Å². The van der Waals surface area contributed by atoms with Crippen LogP contribution in [0.3, 0.4) is 0 Å². The Labute approximate surface area is 184 Å². The first-order valence-corrected chi connectivity index (χ1v) is 12.5. The van der Waals surface area contributed by atoms with Crippen molar-refractivity contribution < 1.29 is 19.5 Å². The molecule has 3 aliphatic heterocycles. The molecule has 2 bridgehead atoms. The van der Waals surface area contributed by atoms with E-state index in [4.69, 9.17) is 0 Å². The number of hydrogen-bond donors (Lipinski definition) is 3. The summed E-state index contributed by atoms with van der Waals surface area (Å²) in [6.07, 6.45) is 6.54. The molecule has 3 saturated heterocycles. The second-order valence-corrected chi connectivity index (χ2v) is 11.4. The van der Waals surface area contributed by atoms with Crippen LogP contribution in [-0.4, -0.2) is 74.8 Å². The Morgan fingerprint density at radius 3 is 2.66 bits per heavy atom. The minimum absolute atomic E-state index is 0.00567. The third-order valence-corrected chi connectivity index (χ3v) is 10.3. The number of aliphatic hydroxyl groups excluding tert-OH is 1. The van der Waals surface area contributed by atoms with Crippen LogP contribution in [0.1, 0.15) is 44.9 Å². The molecule has 3 unspecified atom stereocenters. The number of carbonyl (C=O) groups is 3. The number of halogens is 1. The molecule has 162 valence electrons. The smallest absolute Gasteiger partial charge is 0.244 e. The van der Waals surface area contributed by atoms with Crippen molar-refractivity contribution in [2.24, 2.45) is 11.8 Å². The van der Waals surface area contributed by atoms with Gasteiger partial charge in [-0.05, 0) is 25.7 Å². The molecule has 1 spiro atoms. The number of carbonyl (C=O) groups excluding carboxylic acids is 3. The average Bonchev–Trinajstić information content (AvgIpc) is 3.30. The number of rotatable bonds is 6. The Morgan fingerprint density at radius 2 is 2.00 bits per heavy atom. The Morgan fingerprint density at radius 1 is 1.28 bits per heavy atom. The van der Waals surface area contributed by atoms with Crippen LogP contribution in [0, 0.1) is 11.8 Å². The van der Waals surface area contributed by atoms with Gasteiger partial charge in [-0.15, -0.1) is 11.8 Å².